The third kappa shape index (κ3) is 15.9. The number of nitrogens with one attached hydrogen (secondary N) is 1. The minimum Gasteiger partial charge on any atom is -0.496 e. The lowest BCUT2D eigenvalue weighted by Crippen LogP contribution is -2.52. The molecule has 0 unspecified atom stereocenters. The van der Waals surface area contributed by atoms with Gasteiger partial charge in [-0.3, -0.25) is 0 Å². The summed E-state index contributed by atoms with van der Waals surface area (Å²) in [6, 6.07) is 17.7. The molecule has 0 bridgehead atoms. The first-order valence-electron chi connectivity index (χ1n) is 18.2. The molecule has 7 nitrogen and oxygen atoms in total. The predicted molar refractivity (Wildman–Crippen MR) is 229 cm³/mol. The number of likely N-dealkylation sites (tertiary alicyclic amines) is 1. The first kappa shape index (κ1) is 54.5. The van der Waals surface area contributed by atoms with Crippen LogP contribution < -0.4 is 19.5 Å². The first-order valence-corrected chi connectivity index (χ1v) is 18.2. The van der Waals surface area contributed by atoms with Crippen molar-refractivity contribution < 1.29 is 50.8 Å². The normalized spacial score (nSPS) is 19.3. The molecule has 3 N–H and O–H groups in total. The Hall–Kier alpha value is -2.47. The quantitative estimate of drug-likeness (QED) is 0.166. The molecule has 0 radical (unpaired) electrons. The molecule has 6 rings (SSSR count). The van der Waals surface area contributed by atoms with Crippen LogP contribution in [-0.4, -0.2) is 81.4 Å². The number of aliphatic hydroxyl groups excluding tert-OH is 2. The summed E-state index contributed by atoms with van der Waals surface area (Å²) in [5.74, 6) is 2.49. The fourth-order valence-corrected chi connectivity index (χ4v) is 7.24. The largest absolute Gasteiger partial charge is 0.496 e. The van der Waals surface area contributed by atoms with Gasteiger partial charge in [0, 0.05) is 49.6 Å². The van der Waals surface area contributed by atoms with Crippen molar-refractivity contribution in [2.24, 2.45) is 11.8 Å². The second-order valence-electron chi connectivity index (χ2n) is 13.9. The standard InChI is InChI=1S/C26H32F3NO3.C13H16F3NO.CH4O.CH4.3H2S/c1-32-23-8-3-2-7-22(23)25(13-5-14-25)24(31)17-30-15-4-6-19(16-30)18-33-21-11-9-20(10-12-21)26(27,28)29;14-13(15,16)11-3-5-12(6-4-11)18-9-10-2-1-7-17-8-10;1-2;;;;/h2-3,7-12,19,24,31H,4-6,13-18H2,1H3;3-6,10,17H,1-2,7-9H2;2H,1H3;1H4;3*1H2/t19-,24+;10-;;;;;/m00...../s1. The van der Waals surface area contributed by atoms with Gasteiger partial charge >= 0.3 is 12.4 Å². The van der Waals surface area contributed by atoms with Crippen LogP contribution >= 0.6 is 40.5 Å². The molecule has 3 aromatic rings. The number of piperidine rings is 2. The highest BCUT2D eigenvalue weighted by Gasteiger charge is 2.47. The number of aliphatic hydroxyl groups is 2. The summed E-state index contributed by atoms with van der Waals surface area (Å²) in [6.45, 7) is 5.29. The number of benzene rings is 3. The molecule has 1 saturated carbocycles. The van der Waals surface area contributed by atoms with E-state index in [1.807, 2.05) is 18.2 Å². The van der Waals surface area contributed by atoms with Gasteiger partial charge in [0.15, 0.2) is 0 Å². The molecule has 1 aliphatic carbocycles. The van der Waals surface area contributed by atoms with Gasteiger partial charge < -0.3 is 34.6 Å². The van der Waals surface area contributed by atoms with Crippen LogP contribution in [0.25, 0.3) is 0 Å². The number of methoxy groups -OCH3 is 1. The Morgan fingerprint density at radius 3 is 1.72 bits per heavy atom. The van der Waals surface area contributed by atoms with Gasteiger partial charge in [-0.1, -0.05) is 32.0 Å². The molecule has 2 heterocycles. The van der Waals surface area contributed by atoms with Crippen molar-refractivity contribution in [2.75, 3.05) is 60.2 Å². The summed E-state index contributed by atoms with van der Waals surface area (Å²) in [5, 5.41) is 21.6. The van der Waals surface area contributed by atoms with Crippen molar-refractivity contribution in [3.8, 4) is 17.2 Å². The molecule has 0 amide bonds. The summed E-state index contributed by atoms with van der Waals surface area (Å²) in [5.41, 5.74) is -0.497. The van der Waals surface area contributed by atoms with E-state index in [2.05, 4.69) is 16.3 Å². The lowest BCUT2D eigenvalue weighted by molar-refractivity contribution is -0.138. The van der Waals surface area contributed by atoms with Crippen LogP contribution in [-0.2, 0) is 17.8 Å². The lowest BCUT2D eigenvalue weighted by atomic mass is 9.60. The smallest absolute Gasteiger partial charge is 0.416 e. The molecular weight excluding hydrogens is 811 g/mol. The summed E-state index contributed by atoms with van der Waals surface area (Å²) in [6.07, 6.45) is -1.88. The number of alkyl halides is 6. The number of nitrogens with zero attached hydrogens (tertiary/aromatic N) is 1. The van der Waals surface area contributed by atoms with Crippen LogP contribution in [0.2, 0.25) is 0 Å². The van der Waals surface area contributed by atoms with Gasteiger partial charge in [-0.05, 0) is 106 Å². The first-order chi connectivity index (χ1) is 25.4. The fraction of sp³-hybridized carbons (Fsp3) is 0.561. The van der Waals surface area contributed by atoms with Crippen LogP contribution in [0, 0.1) is 11.8 Å². The van der Waals surface area contributed by atoms with Gasteiger partial charge in [0.1, 0.15) is 17.2 Å². The van der Waals surface area contributed by atoms with Crippen LogP contribution in [0.3, 0.4) is 0 Å². The third-order valence-electron chi connectivity index (χ3n) is 10.3. The molecule has 16 heteroatoms. The van der Waals surface area contributed by atoms with Crippen molar-refractivity contribution >= 4 is 40.5 Å². The monoisotopic (exact) mass is 872 g/mol. The molecule has 2 saturated heterocycles. The maximum atomic E-state index is 12.7. The number of halogens is 6. The molecule has 3 aliphatic rings. The molecule has 57 heavy (non-hydrogen) atoms. The van der Waals surface area contributed by atoms with E-state index < -0.39 is 29.6 Å². The average Bonchev–Trinajstić information content (AvgIpc) is 3.14. The second kappa shape index (κ2) is 25.9. The third-order valence-corrected chi connectivity index (χ3v) is 10.3. The summed E-state index contributed by atoms with van der Waals surface area (Å²) in [4.78, 5) is 2.30. The Labute approximate surface area is 355 Å². The fourth-order valence-electron chi connectivity index (χ4n) is 7.24. The Bertz CT molecular complexity index is 1510. The highest BCUT2D eigenvalue weighted by Crippen LogP contribution is 2.50. The Balaban J connectivity index is 0.00000112. The van der Waals surface area contributed by atoms with E-state index >= 15 is 0 Å². The maximum Gasteiger partial charge on any atom is 0.416 e. The van der Waals surface area contributed by atoms with Gasteiger partial charge in [0.25, 0.3) is 0 Å². The SMILES string of the molecule is C.CO.COc1ccccc1C1([C@H](O)CN2CCC[C@H](COc3ccc(C(F)(F)F)cc3)C2)CCC1.FC(F)(F)c1ccc(OC[C@H]2CCCNC2)cc1.S.S.S. The van der Waals surface area contributed by atoms with E-state index in [4.69, 9.17) is 19.3 Å². The Kier molecular flexibility index (Phi) is 24.8. The summed E-state index contributed by atoms with van der Waals surface area (Å²) < 4.78 is 92.1. The van der Waals surface area contributed by atoms with Crippen molar-refractivity contribution in [1.82, 2.24) is 10.2 Å². The predicted octanol–water partition coefficient (Wildman–Crippen LogP) is 8.95. The van der Waals surface area contributed by atoms with Crippen molar-refractivity contribution in [1.29, 1.82) is 0 Å². The van der Waals surface area contributed by atoms with E-state index in [0.717, 1.165) is 114 Å². The Morgan fingerprint density at radius 1 is 0.754 bits per heavy atom. The lowest BCUT2D eigenvalue weighted by Gasteiger charge is -2.48. The van der Waals surface area contributed by atoms with E-state index in [9.17, 15) is 31.4 Å². The summed E-state index contributed by atoms with van der Waals surface area (Å²) in [7, 11) is 2.67. The molecule has 326 valence electrons. The number of hydrogen-bond acceptors (Lipinski definition) is 7. The molecule has 3 aromatic carbocycles. The van der Waals surface area contributed by atoms with Gasteiger partial charge in [-0.15, -0.1) is 0 Å². The Morgan fingerprint density at radius 2 is 1.26 bits per heavy atom. The number of ether oxygens (including phenoxy) is 3. The summed E-state index contributed by atoms with van der Waals surface area (Å²) >= 11 is 0. The maximum absolute atomic E-state index is 12.7. The van der Waals surface area contributed by atoms with Crippen molar-refractivity contribution in [3.63, 3.8) is 0 Å². The molecule has 0 spiro atoms. The highest BCUT2D eigenvalue weighted by molar-refractivity contribution is 7.59. The van der Waals surface area contributed by atoms with Gasteiger partial charge in [-0.2, -0.15) is 66.8 Å². The van der Waals surface area contributed by atoms with Crippen LogP contribution in [0.1, 0.15) is 69.1 Å². The zero-order valence-electron chi connectivity index (χ0n) is 31.9. The zero-order chi connectivity index (χ0) is 38.5. The molecule has 3 fully saturated rings. The highest BCUT2D eigenvalue weighted by atomic mass is 32.1. The van der Waals surface area contributed by atoms with Gasteiger partial charge in [-0.25, -0.2) is 0 Å². The number of β-amino-alcohol motifs (C(OH)–C–C–N with tert-alkyl or cyclic N) is 1. The minimum absolute atomic E-state index is 0. The number of hydrogen-bond donors (Lipinski definition) is 3. The van der Waals surface area contributed by atoms with Crippen molar-refractivity contribution in [3.05, 3.63) is 89.5 Å². The van der Waals surface area contributed by atoms with Crippen molar-refractivity contribution in [2.45, 2.75) is 76.2 Å². The number of rotatable bonds is 11. The van der Waals surface area contributed by atoms with Crippen LogP contribution in [0.5, 0.6) is 17.2 Å². The molecule has 0 aromatic heterocycles. The minimum atomic E-state index is -4.34. The van der Waals surface area contributed by atoms with E-state index in [1.54, 1.807) is 7.11 Å². The molecular formula is C41H62F6N2O5S3. The topological polar surface area (TPSA) is 83.4 Å². The van der Waals surface area contributed by atoms with E-state index in [-0.39, 0.29) is 59.2 Å². The van der Waals surface area contributed by atoms with Crippen LogP contribution in [0.4, 0.5) is 26.3 Å². The van der Waals surface area contributed by atoms with Gasteiger partial charge in [0.2, 0.25) is 0 Å². The zero-order valence-corrected chi connectivity index (χ0v) is 34.9. The molecule has 2 aliphatic heterocycles. The van der Waals surface area contributed by atoms with Crippen LogP contribution in [0.15, 0.2) is 72.8 Å². The average molecular weight is 873 g/mol. The molecule has 3 atom stereocenters. The van der Waals surface area contributed by atoms with E-state index in [1.165, 1.54) is 24.3 Å². The van der Waals surface area contributed by atoms with E-state index in [0.29, 0.717) is 37.2 Å². The van der Waals surface area contributed by atoms with Gasteiger partial charge in [0.05, 0.1) is 37.6 Å². The number of para-hydroxylation sites is 1. The second-order valence-corrected chi connectivity index (χ2v) is 13.9.